The molecule has 1 aromatic carbocycles. The molecule has 0 saturated carbocycles. The summed E-state index contributed by atoms with van der Waals surface area (Å²) in [6.07, 6.45) is 2.61. The molecule has 7 heteroatoms. The predicted octanol–water partition coefficient (Wildman–Crippen LogP) is 1.50. The van der Waals surface area contributed by atoms with E-state index in [1.54, 1.807) is 7.11 Å². The fourth-order valence-corrected chi connectivity index (χ4v) is 2.92. The van der Waals surface area contributed by atoms with Gasteiger partial charge in [0.15, 0.2) is 5.03 Å². The van der Waals surface area contributed by atoms with Crippen molar-refractivity contribution in [1.29, 1.82) is 0 Å². The second kappa shape index (κ2) is 6.06. The van der Waals surface area contributed by atoms with Crippen LogP contribution in [-0.4, -0.2) is 32.0 Å². The quantitative estimate of drug-likeness (QED) is 0.846. The molecule has 2 rings (SSSR count). The standard InChI is InChI=1S/C13H17N3O3S/c1-10(11-5-3-4-6-12(11)19-2)7-16-20(17,18)13-8-14-9-15-13/h3-6,8-10,16H,7H2,1-2H3,(H,14,15)/t10-/m0/s1. The minimum atomic E-state index is -3.55. The minimum Gasteiger partial charge on any atom is -0.496 e. The maximum Gasteiger partial charge on any atom is 0.257 e. The molecule has 0 amide bonds. The molecule has 2 N–H and O–H groups in total. The van der Waals surface area contributed by atoms with Gasteiger partial charge in [-0.3, -0.25) is 0 Å². The number of para-hydroxylation sites is 1. The zero-order chi connectivity index (χ0) is 14.6. The van der Waals surface area contributed by atoms with Crippen molar-refractivity contribution in [2.24, 2.45) is 0 Å². The van der Waals surface area contributed by atoms with Crippen LogP contribution in [0.4, 0.5) is 0 Å². The van der Waals surface area contributed by atoms with Gasteiger partial charge in [-0.2, -0.15) is 0 Å². The van der Waals surface area contributed by atoms with E-state index in [1.165, 1.54) is 12.5 Å². The molecule has 0 aliphatic carbocycles. The fraction of sp³-hybridized carbons (Fsp3) is 0.308. The Bertz CT molecular complexity index is 653. The number of hydrogen-bond donors (Lipinski definition) is 2. The van der Waals surface area contributed by atoms with E-state index >= 15 is 0 Å². The first-order chi connectivity index (χ1) is 9.54. The Hall–Kier alpha value is -1.86. The van der Waals surface area contributed by atoms with E-state index in [4.69, 9.17) is 4.74 Å². The normalized spacial score (nSPS) is 13.1. The molecular formula is C13H17N3O3S. The molecule has 0 aliphatic rings. The highest BCUT2D eigenvalue weighted by molar-refractivity contribution is 7.89. The number of nitrogens with zero attached hydrogens (tertiary/aromatic N) is 1. The van der Waals surface area contributed by atoms with E-state index in [9.17, 15) is 8.42 Å². The van der Waals surface area contributed by atoms with E-state index in [0.29, 0.717) is 0 Å². The summed E-state index contributed by atoms with van der Waals surface area (Å²) >= 11 is 0. The Balaban J connectivity index is 2.07. The first-order valence-electron chi connectivity index (χ1n) is 6.15. The molecule has 1 atom stereocenters. The van der Waals surface area contributed by atoms with Gasteiger partial charge < -0.3 is 9.72 Å². The Morgan fingerprint density at radius 2 is 2.15 bits per heavy atom. The number of aromatic nitrogens is 2. The fourth-order valence-electron chi connectivity index (χ4n) is 1.89. The molecule has 0 fully saturated rings. The first-order valence-corrected chi connectivity index (χ1v) is 7.64. The largest absolute Gasteiger partial charge is 0.496 e. The smallest absolute Gasteiger partial charge is 0.257 e. The summed E-state index contributed by atoms with van der Waals surface area (Å²) in [5.41, 5.74) is 0.960. The van der Waals surface area contributed by atoms with E-state index in [-0.39, 0.29) is 17.5 Å². The number of rotatable bonds is 6. The summed E-state index contributed by atoms with van der Waals surface area (Å²) in [7, 11) is -1.95. The third-order valence-electron chi connectivity index (χ3n) is 3.01. The van der Waals surface area contributed by atoms with Crippen molar-refractivity contribution in [2.45, 2.75) is 17.9 Å². The summed E-state index contributed by atoms with van der Waals surface area (Å²) in [6.45, 7) is 2.22. The van der Waals surface area contributed by atoms with Crippen LogP contribution in [0.25, 0.3) is 0 Å². The van der Waals surface area contributed by atoms with Crippen molar-refractivity contribution in [1.82, 2.24) is 14.7 Å². The molecule has 0 bridgehead atoms. The van der Waals surface area contributed by atoms with Gasteiger partial charge in [0.1, 0.15) is 5.75 Å². The van der Waals surface area contributed by atoms with E-state index in [0.717, 1.165) is 11.3 Å². The maximum absolute atomic E-state index is 12.0. The van der Waals surface area contributed by atoms with Crippen molar-refractivity contribution < 1.29 is 13.2 Å². The average Bonchev–Trinajstić information content (AvgIpc) is 3.00. The molecule has 0 spiro atoms. The molecule has 0 aliphatic heterocycles. The maximum atomic E-state index is 12.0. The van der Waals surface area contributed by atoms with E-state index in [2.05, 4.69) is 14.7 Å². The van der Waals surface area contributed by atoms with Crippen LogP contribution in [0.3, 0.4) is 0 Å². The third kappa shape index (κ3) is 3.17. The number of hydrogen-bond acceptors (Lipinski definition) is 4. The number of aromatic amines is 1. The Morgan fingerprint density at radius 1 is 1.40 bits per heavy atom. The number of ether oxygens (including phenoxy) is 1. The number of imidazole rings is 1. The monoisotopic (exact) mass is 295 g/mol. The van der Waals surface area contributed by atoms with Crippen molar-refractivity contribution in [3.05, 3.63) is 42.4 Å². The van der Waals surface area contributed by atoms with Crippen molar-refractivity contribution in [3.63, 3.8) is 0 Å². The average molecular weight is 295 g/mol. The highest BCUT2D eigenvalue weighted by atomic mass is 32.2. The molecule has 0 saturated heterocycles. The topological polar surface area (TPSA) is 84.1 Å². The molecule has 20 heavy (non-hydrogen) atoms. The van der Waals surface area contributed by atoms with Crippen molar-refractivity contribution in [2.75, 3.05) is 13.7 Å². The lowest BCUT2D eigenvalue weighted by Crippen LogP contribution is -2.28. The molecule has 0 radical (unpaired) electrons. The van der Waals surface area contributed by atoms with Crippen LogP contribution >= 0.6 is 0 Å². The van der Waals surface area contributed by atoms with Crippen molar-refractivity contribution in [3.8, 4) is 5.75 Å². The van der Waals surface area contributed by atoms with Crippen LogP contribution in [-0.2, 0) is 10.0 Å². The van der Waals surface area contributed by atoms with Crippen LogP contribution < -0.4 is 9.46 Å². The Kier molecular flexibility index (Phi) is 4.41. The lowest BCUT2D eigenvalue weighted by molar-refractivity contribution is 0.406. The molecule has 108 valence electrons. The first kappa shape index (κ1) is 14.5. The molecule has 1 heterocycles. The SMILES string of the molecule is COc1ccccc1[C@@H](C)CNS(=O)(=O)c1cnc[nH]1. The lowest BCUT2D eigenvalue weighted by Gasteiger charge is -2.16. The summed E-state index contributed by atoms with van der Waals surface area (Å²) < 4.78 is 31.8. The van der Waals surface area contributed by atoms with Crippen LogP contribution in [0.15, 0.2) is 41.8 Å². The summed E-state index contributed by atoms with van der Waals surface area (Å²) in [6, 6.07) is 7.56. The molecule has 1 aromatic heterocycles. The lowest BCUT2D eigenvalue weighted by atomic mass is 10.0. The van der Waals surface area contributed by atoms with Gasteiger partial charge in [0, 0.05) is 6.54 Å². The Labute approximate surface area is 118 Å². The molecule has 0 unspecified atom stereocenters. The second-order valence-electron chi connectivity index (χ2n) is 4.41. The van der Waals surface area contributed by atoms with E-state index in [1.807, 2.05) is 31.2 Å². The van der Waals surface area contributed by atoms with Crippen molar-refractivity contribution >= 4 is 10.0 Å². The number of nitrogens with one attached hydrogen (secondary N) is 2. The summed E-state index contributed by atoms with van der Waals surface area (Å²) in [5.74, 6) is 0.740. The number of methoxy groups -OCH3 is 1. The van der Waals surface area contributed by atoms with Gasteiger partial charge in [-0.05, 0) is 17.5 Å². The summed E-state index contributed by atoms with van der Waals surface area (Å²) in [5, 5.41) is 0.0599. The van der Waals surface area contributed by atoms with Gasteiger partial charge >= 0.3 is 0 Å². The van der Waals surface area contributed by atoms with Gasteiger partial charge in [-0.1, -0.05) is 25.1 Å². The zero-order valence-electron chi connectivity index (χ0n) is 11.3. The molecular weight excluding hydrogens is 278 g/mol. The Morgan fingerprint density at radius 3 is 2.80 bits per heavy atom. The third-order valence-corrected chi connectivity index (χ3v) is 4.36. The second-order valence-corrected chi connectivity index (χ2v) is 6.15. The number of H-pyrrole nitrogens is 1. The highest BCUT2D eigenvalue weighted by Crippen LogP contribution is 2.25. The number of benzene rings is 1. The highest BCUT2D eigenvalue weighted by Gasteiger charge is 2.18. The van der Waals surface area contributed by atoms with Crippen LogP contribution in [0.5, 0.6) is 5.75 Å². The molecule has 6 nitrogen and oxygen atoms in total. The summed E-state index contributed by atoms with van der Waals surface area (Å²) in [4.78, 5) is 6.28. The predicted molar refractivity (Wildman–Crippen MR) is 75.2 cm³/mol. The van der Waals surface area contributed by atoms with Gasteiger partial charge in [-0.15, -0.1) is 0 Å². The minimum absolute atomic E-state index is 0.0103. The van der Waals surface area contributed by atoms with Crippen LogP contribution in [0.1, 0.15) is 18.4 Å². The van der Waals surface area contributed by atoms with Gasteiger partial charge in [0.2, 0.25) is 0 Å². The zero-order valence-corrected chi connectivity index (χ0v) is 12.1. The van der Waals surface area contributed by atoms with Gasteiger partial charge in [0.05, 0.1) is 19.6 Å². The van der Waals surface area contributed by atoms with Gasteiger partial charge in [-0.25, -0.2) is 18.1 Å². The number of sulfonamides is 1. The molecule has 2 aromatic rings. The van der Waals surface area contributed by atoms with Crippen LogP contribution in [0.2, 0.25) is 0 Å². The van der Waals surface area contributed by atoms with E-state index < -0.39 is 10.0 Å². The van der Waals surface area contributed by atoms with Gasteiger partial charge in [0.25, 0.3) is 10.0 Å². The van der Waals surface area contributed by atoms with Crippen LogP contribution in [0, 0.1) is 0 Å².